The summed E-state index contributed by atoms with van der Waals surface area (Å²) in [6, 6.07) is 0. The van der Waals surface area contributed by atoms with Gasteiger partial charge in [0.05, 0.1) is 6.54 Å². The Hall–Kier alpha value is -1.10. The van der Waals surface area contributed by atoms with Crippen LogP contribution in [0.2, 0.25) is 0 Å². The average molecular weight is 311 g/mol. The first-order valence-corrected chi connectivity index (χ1v) is 8.90. The number of hydrogen-bond donors (Lipinski definition) is 1. The molecule has 0 aliphatic carbocycles. The van der Waals surface area contributed by atoms with Crippen LogP contribution in [0.15, 0.2) is 0 Å². The van der Waals surface area contributed by atoms with Gasteiger partial charge in [-0.25, -0.2) is 0 Å². The molecule has 1 heterocycles. The van der Waals surface area contributed by atoms with E-state index in [4.69, 9.17) is 0 Å². The molecule has 0 aromatic rings. The highest BCUT2D eigenvalue weighted by molar-refractivity contribution is 5.80. The lowest BCUT2D eigenvalue weighted by atomic mass is 9.95. The topological polar surface area (TPSA) is 52.7 Å². The molecule has 0 unspecified atom stereocenters. The van der Waals surface area contributed by atoms with Crippen LogP contribution in [-0.2, 0) is 9.59 Å². The lowest BCUT2D eigenvalue weighted by Crippen LogP contribution is -2.46. The van der Waals surface area contributed by atoms with Crippen molar-refractivity contribution in [2.45, 2.75) is 52.9 Å². The Morgan fingerprint density at radius 3 is 2.27 bits per heavy atom. The molecule has 1 fully saturated rings. The molecule has 22 heavy (non-hydrogen) atoms. The molecule has 5 nitrogen and oxygen atoms in total. The Kier molecular flexibility index (Phi) is 9.13. The van der Waals surface area contributed by atoms with E-state index < -0.39 is 0 Å². The van der Waals surface area contributed by atoms with Crippen LogP contribution in [-0.4, -0.2) is 60.9 Å². The molecule has 0 bridgehead atoms. The van der Waals surface area contributed by atoms with Crippen molar-refractivity contribution in [3.63, 3.8) is 0 Å². The largest absolute Gasteiger partial charge is 0.356 e. The number of likely N-dealkylation sites (N-methyl/N-ethyl adjacent to an activating group) is 1. The van der Waals surface area contributed by atoms with Crippen LogP contribution in [0.5, 0.6) is 0 Å². The van der Waals surface area contributed by atoms with E-state index in [9.17, 15) is 9.59 Å². The van der Waals surface area contributed by atoms with E-state index in [1.54, 1.807) is 0 Å². The zero-order valence-corrected chi connectivity index (χ0v) is 14.6. The van der Waals surface area contributed by atoms with Crippen LogP contribution in [0.4, 0.5) is 0 Å². The third-order valence-corrected chi connectivity index (χ3v) is 4.55. The van der Waals surface area contributed by atoms with Crippen LogP contribution in [0.3, 0.4) is 0 Å². The zero-order chi connectivity index (χ0) is 16.4. The molecule has 2 amide bonds. The first-order valence-electron chi connectivity index (χ1n) is 8.90. The molecular weight excluding hydrogens is 278 g/mol. The minimum absolute atomic E-state index is 0.0825. The van der Waals surface area contributed by atoms with E-state index >= 15 is 0 Å². The van der Waals surface area contributed by atoms with Crippen LogP contribution in [0, 0.1) is 5.92 Å². The number of nitrogens with zero attached hydrogens (tertiary/aromatic N) is 2. The van der Waals surface area contributed by atoms with Gasteiger partial charge in [-0.05, 0) is 32.4 Å². The van der Waals surface area contributed by atoms with Gasteiger partial charge in [0.15, 0.2) is 0 Å². The van der Waals surface area contributed by atoms with E-state index in [2.05, 4.69) is 31.0 Å². The Balaban J connectivity index is 2.27. The number of carbonyl (C=O) groups excluding carboxylic acids is 2. The van der Waals surface area contributed by atoms with E-state index in [0.29, 0.717) is 19.6 Å². The molecule has 0 aromatic heterocycles. The summed E-state index contributed by atoms with van der Waals surface area (Å²) in [5, 5.41) is 3.03. The van der Waals surface area contributed by atoms with E-state index in [1.807, 2.05) is 4.90 Å². The number of likely N-dealkylation sites (tertiary alicyclic amines) is 1. The monoisotopic (exact) mass is 311 g/mol. The molecule has 1 aliphatic rings. The maximum absolute atomic E-state index is 12.2. The van der Waals surface area contributed by atoms with Gasteiger partial charge < -0.3 is 10.2 Å². The number of piperidine rings is 1. The molecule has 0 saturated carbocycles. The fourth-order valence-electron chi connectivity index (χ4n) is 2.86. The molecular formula is C17H33N3O2. The van der Waals surface area contributed by atoms with Crippen molar-refractivity contribution in [1.82, 2.24) is 15.1 Å². The van der Waals surface area contributed by atoms with Crippen LogP contribution >= 0.6 is 0 Å². The van der Waals surface area contributed by atoms with Crippen molar-refractivity contribution in [1.29, 1.82) is 0 Å². The SMILES string of the molecule is CCCCCNC(=O)C1CCN(C(=O)CN(CC)CC)CC1. The van der Waals surface area contributed by atoms with Crippen LogP contribution in [0.1, 0.15) is 52.9 Å². The summed E-state index contributed by atoms with van der Waals surface area (Å²) in [4.78, 5) is 28.4. The van der Waals surface area contributed by atoms with Gasteiger partial charge in [-0.1, -0.05) is 33.6 Å². The summed E-state index contributed by atoms with van der Waals surface area (Å²) in [7, 11) is 0. The summed E-state index contributed by atoms with van der Waals surface area (Å²) < 4.78 is 0. The van der Waals surface area contributed by atoms with Crippen molar-refractivity contribution in [3.8, 4) is 0 Å². The molecule has 128 valence electrons. The zero-order valence-electron chi connectivity index (χ0n) is 14.6. The predicted octanol–water partition coefficient (Wildman–Crippen LogP) is 1.87. The summed E-state index contributed by atoms with van der Waals surface area (Å²) in [6.45, 7) is 10.8. The Bertz CT molecular complexity index is 335. The van der Waals surface area contributed by atoms with Crippen molar-refractivity contribution < 1.29 is 9.59 Å². The smallest absolute Gasteiger partial charge is 0.236 e. The number of hydrogen-bond acceptors (Lipinski definition) is 3. The first kappa shape index (κ1) is 18.9. The third kappa shape index (κ3) is 6.34. The van der Waals surface area contributed by atoms with E-state index in [0.717, 1.165) is 38.9 Å². The van der Waals surface area contributed by atoms with Crippen LogP contribution < -0.4 is 5.32 Å². The predicted molar refractivity (Wildman–Crippen MR) is 89.6 cm³/mol. The second kappa shape index (κ2) is 10.6. The van der Waals surface area contributed by atoms with Gasteiger partial charge in [-0.2, -0.15) is 0 Å². The van der Waals surface area contributed by atoms with Crippen molar-refractivity contribution >= 4 is 11.8 Å². The van der Waals surface area contributed by atoms with Gasteiger partial charge in [0.1, 0.15) is 0 Å². The first-order chi connectivity index (χ1) is 10.6. The summed E-state index contributed by atoms with van der Waals surface area (Å²) in [6.07, 6.45) is 4.98. The Labute approximate surface area is 135 Å². The highest BCUT2D eigenvalue weighted by atomic mass is 16.2. The summed E-state index contributed by atoms with van der Waals surface area (Å²) in [5.41, 5.74) is 0. The molecule has 0 aromatic carbocycles. The molecule has 0 spiro atoms. The minimum atomic E-state index is 0.0825. The van der Waals surface area contributed by atoms with Crippen LogP contribution in [0.25, 0.3) is 0 Å². The van der Waals surface area contributed by atoms with Gasteiger partial charge in [0.2, 0.25) is 11.8 Å². The molecule has 1 aliphatic heterocycles. The normalized spacial score (nSPS) is 16.1. The Morgan fingerprint density at radius 1 is 1.09 bits per heavy atom. The number of carbonyl (C=O) groups is 2. The highest BCUT2D eigenvalue weighted by Gasteiger charge is 2.27. The average Bonchev–Trinajstić information content (AvgIpc) is 2.56. The van der Waals surface area contributed by atoms with Crippen molar-refractivity contribution in [2.24, 2.45) is 5.92 Å². The molecule has 1 N–H and O–H groups in total. The molecule has 1 saturated heterocycles. The van der Waals surface area contributed by atoms with Gasteiger partial charge in [0, 0.05) is 25.6 Å². The van der Waals surface area contributed by atoms with Gasteiger partial charge in [0.25, 0.3) is 0 Å². The van der Waals surface area contributed by atoms with Crippen molar-refractivity contribution in [2.75, 3.05) is 39.3 Å². The van der Waals surface area contributed by atoms with Gasteiger partial charge in [-0.15, -0.1) is 0 Å². The van der Waals surface area contributed by atoms with E-state index in [-0.39, 0.29) is 17.7 Å². The minimum Gasteiger partial charge on any atom is -0.356 e. The number of unbranched alkanes of at least 4 members (excludes halogenated alkanes) is 2. The summed E-state index contributed by atoms with van der Waals surface area (Å²) >= 11 is 0. The molecule has 0 atom stereocenters. The summed E-state index contributed by atoms with van der Waals surface area (Å²) in [5.74, 6) is 0.455. The van der Waals surface area contributed by atoms with Gasteiger partial charge in [-0.3, -0.25) is 14.5 Å². The fraction of sp³-hybridized carbons (Fsp3) is 0.882. The van der Waals surface area contributed by atoms with E-state index in [1.165, 1.54) is 12.8 Å². The maximum atomic E-state index is 12.2. The quantitative estimate of drug-likeness (QED) is 0.661. The fourth-order valence-corrected chi connectivity index (χ4v) is 2.86. The number of nitrogens with one attached hydrogen (secondary N) is 1. The molecule has 0 radical (unpaired) electrons. The second-order valence-electron chi connectivity index (χ2n) is 6.11. The maximum Gasteiger partial charge on any atom is 0.236 e. The third-order valence-electron chi connectivity index (χ3n) is 4.55. The molecule has 1 rings (SSSR count). The van der Waals surface area contributed by atoms with Gasteiger partial charge >= 0.3 is 0 Å². The number of amides is 2. The second-order valence-corrected chi connectivity index (χ2v) is 6.11. The lowest BCUT2D eigenvalue weighted by molar-refractivity contribution is -0.136. The molecule has 5 heteroatoms. The standard InChI is InChI=1S/C17H33N3O2/c1-4-7-8-11-18-17(22)15-9-12-20(13-10-15)16(21)14-19(5-2)6-3/h15H,4-14H2,1-3H3,(H,18,22). The highest BCUT2D eigenvalue weighted by Crippen LogP contribution is 2.17. The van der Waals surface area contributed by atoms with Crippen molar-refractivity contribution in [3.05, 3.63) is 0 Å². The lowest BCUT2D eigenvalue weighted by Gasteiger charge is -2.32. The number of rotatable bonds is 9. The Morgan fingerprint density at radius 2 is 1.73 bits per heavy atom.